The Morgan fingerprint density at radius 2 is 2.33 bits per heavy atom. The van der Waals surface area contributed by atoms with Crippen molar-refractivity contribution in [1.82, 2.24) is 0 Å². The number of anilines is 1. The molecule has 0 aliphatic carbocycles. The molecule has 0 aliphatic heterocycles. The van der Waals surface area contributed by atoms with Gasteiger partial charge in [-0.3, -0.25) is 0 Å². The summed E-state index contributed by atoms with van der Waals surface area (Å²) in [5.41, 5.74) is 5.59. The highest BCUT2D eigenvalue weighted by atomic mass is 16.4. The van der Waals surface area contributed by atoms with Crippen LogP contribution in [0.25, 0.3) is 0 Å². The quantitative estimate of drug-likeness (QED) is 0.720. The Morgan fingerprint density at radius 1 is 1.58 bits per heavy atom. The molecular formula is C9H16N2O. The van der Waals surface area contributed by atoms with Gasteiger partial charge in [0, 0.05) is 18.7 Å². The van der Waals surface area contributed by atoms with Gasteiger partial charge in [0.2, 0.25) is 0 Å². The van der Waals surface area contributed by atoms with Crippen LogP contribution in [0.3, 0.4) is 0 Å². The molecule has 3 heteroatoms. The van der Waals surface area contributed by atoms with E-state index >= 15 is 0 Å². The van der Waals surface area contributed by atoms with Crippen molar-refractivity contribution in [1.29, 1.82) is 0 Å². The van der Waals surface area contributed by atoms with E-state index in [4.69, 9.17) is 10.2 Å². The molecule has 1 rings (SSSR count). The summed E-state index contributed by atoms with van der Waals surface area (Å²) in [4.78, 5) is 0. The van der Waals surface area contributed by atoms with Gasteiger partial charge < -0.3 is 15.5 Å². The van der Waals surface area contributed by atoms with Gasteiger partial charge in [0.15, 0.2) is 5.88 Å². The van der Waals surface area contributed by atoms with E-state index in [0.29, 0.717) is 0 Å². The van der Waals surface area contributed by atoms with Gasteiger partial charge in [0.25, 0.3) is 0 Å². The minimum atomic E-state index is 0.244. The Kier molecular flexibility index (Phi) is 3.17. The van der Waals surface area contributed by atoms with Gasteiger partial charge in [-0.25, -0.2) is 0 Å². The molecule has 0 saturated carbocycles. The van der Waals surface area contributed by atoms with Crippen molar-refractivity contribution in [3.63, 3.8) is 0 Å². The van der Waals surface area contributed by atoms with Crippen molar-refractivity contribution in [2.24, 2.45) is 5.73 Å². The molecule has 3 N–H and O–H groups in total. The average Bonchev–Trinajstić information content (AvgIpc) is 2.35. The molecule has 0 amide bonds. The minimum Gasteiger partial charge on any atom is -0.446 e. The maximum atomic E-state index is 5.59. The molecule has 1 heterocycles. The van der Waals surface area contributed by atoms with Gasteiger partial charge >= 0.3 is 0 Å². The summed E-state index contributed by atoms with van der Waals surface area (Å²) in [5, 5.41) is 3.15. The minimum absolute atomic E-state index is 0.244. The fourth-order valence-corrected chi connectivity index (χ4v) is 0.953. The summed E-state index contributed by atoms with van der Waals surface area (Å²) >= 11 is 0. The summed E-state index contributed by atoms with van der Waals surface area (Å²) in [5.74, 6) is 1.76. The Labute approximate surface area is 72.9 Å². The molecular weight excluding hydrogens is 152 g/mol. The third-order valence-electron chi connectivity index (χ3n) is 1.64. The van der Waals surface area contributed by atoms with Crippen LogP contribution >= 0.6 is 0 Å². The van der Waals surface area contributed by atoms with Crippen LogP contribution in [0.15, 0.2) is 16.5 Å². The van der Waals surface area contributed by atoms with Crippen molar-refractivity contribution in [2.75, 3.05) is 11.9 Å². The van der Waals surface area contributed by atoms with Gasteiger partial charge in [-0.1, -0.05) is 0 Å². The van der Waals surface area contributed by atoms with Crippen molar-refractivity contribution >= 4 is 5.88 Å². The summed E-state index contributed by atoms with van der Waals surface area (Å²) in [7, 11) is 0. The average molecular weight is 168 g/mol. The fourth-order valence-electron chi connectivity index (χ4n) is 0.953. The first-order valence-electron chi connectivity index (χ1n) is 4.24. The second kappa shape index (κ2) is 4.16. The number of rotatable bonds is 4. The van der Waals surface area contributed by atoms with Crippen LogP contribution in [-0.4, -0.2) is 12.6 Å². The number of nitrogens with one attached hydrogen (secondary N) is 1. The molecule has 12 heavy (non-hydrogen) atoms. The standard InChI is InChI=1S/C9H16N2O/c1-7(10)5-6-11-9-4-3-8(2)12-9/h3-4,7,11H,5-6,10H2,1-2H3. The molecule has 68 valence electrons. The van der Waals surface area contributed by atoms with Crippen molar-refractivity contribution in [3.05, 3.63) is 17.9 Å². The van der Waals surface area contributed by atoms with Gasteiger partial charge in [0.05, 0.1) is 0 Å². The molecule has 1 unspecified atom stereocenters. The highest BCUT2D eigenvalue weighted by Gasteiger charge is 1.97. The van der Waals surface area contributed by atoms with Gasteiger partial charge in [-0.15, -0.1) is 0 Å². The van der Waals surface area contributed by atoms with E-state index in [2.05, 4.69) is 5.32 Å². The first kappa shape index (κ1) is 9.13. The van der Waals surface area contributed by atoms with Crippen LogP contribution < -0.4 is 11.1 Å². The predicted octanol–water partition coefficient (Wildman–Crippen LogP) is 1.74. The van der Waals surface area contributed by atoms with Crippen LogP contribution in [0.2, 0.25) is 0 Å². The maximum absolute atomic E-state index is 5.59. The molecule has 1 atom stereocenters. The number of furan rings is 1. The number of aryl methyl sites for hydroxylation is 1. The summed E-state index contributed by atoms with van der Waals surface area (Å²) in [6.45, 7) is 4.79. The largest absolute Gasteiger partial charge is 0.446 e. The highest BCUT2D eigenvalue weighted by Crippen LogP contribution is 2.11. The third kappa shape index (κ3) is 2.96. The third-order valence-corrected chi connectivity index (χ3v) is 1.64. The summed E-state index contributed by atoms with van der Waals surface area (Å²) in [6, 6.07) is 4.11. The van der Waals surface area contributed by atoms with E-state index in [-0.39, 0.29) is 6.04 Å². The zero-order valence-corrected chi connectivity index (χ0v) is 7.63. The van der Waals surface area contributed by atoms with E-state index in [0.717, 1.165) is 24.6 Å². The molecule has 3 nitrogen and oxygen atoms in total. The first-order chi connectivity index (χ1) is 5.68. The Bertz CT molecular complexity index is 230. The Balaban J connectivity index is 2.24. The van der Waals surface area contributed by atoms with Crippen molar-refractivity contribution in [3.8, 4) is 0 Å². The van der Waals surface area contributed by atoms with Gasteiger partial charge in [0.1, 0.15) is 5.76 Å². The molecule has 0 aromatic carbocycles. The molecule has 0 spiro atoms. The molecule has 0 aliphatic rings. The highest BCUT2D eigenvalue weighted by molar-refractivity contribution is 5.31. The van der Waals surface area contributed by atoms with Crippen LogP contribution in [-0.2, 0) is 0 Å². The SMILES string of the molecule is Cc1ccc(NCCC(C)N)o1. The Morgan fingerprint density at radius 3 is 2.83 bits per heavy atom. The van der Waals surface area contributed by atoms with Crippen LogP contribution in [0.5, 0.6) is 0 Å². The molecule has 0 radical (unpaired) electrons. The topological polar surface area (TPSA) is 51.2 Å². The van der Waals surface area contributed by atoms with Gasteiger partial charge in [-0.05, 0) is 26.3 Å². The van der Waals surface area contributed by atoms with E-state index in [9.17, 15) is 0 Å². The molecule has 0 fully saturated rings. The zero-order chi connectivity index (χ0) is 8.97. The normalized spacial score (nSPS) is 12.9. The molecule has 1 aromatic rings. The smallest absolute Gasteiger partial charge is 0.193 e. The fraction of sp³-hybridized carbons (Fsp3) is 0.556. The molecule has 0 saturated heterocycles. The molecule has 1 aromatic heterocycles. The number of nitrogens with two attached hydrogens (primary N) is 1. The predicted molar refractivity (Wildman–Crippen MR) is 50.2 cm³/mol. The van der Waals surface area contributed by atoms with Crippen molar-refractivity contribution in [2.45, 2.75) is 26.3 Å². The van der Waals surface area contributed by atoms with Crippen LogP contribution in [0.4, 0.5) is 5.88 Å². The van der Waals surface area contributed by atoms with E-state index in [1.807, 2.05) is 26.0 Å². The van der Waals surface area contributed by atoms with E-state index in [1.54, 1.807) is 0 Å². The van der Waals surface area contributed by atoms with Gasteiger partial charge in [-0.2, -0.15) is 0 Å². The lowest BCUT2D eigenvalue weighted by Gasteiger charge is -2.04. The zero-order valence-electron chi connectivity index (χ0n) is 7.63. The maximum Gasteiger partial charge on any atom is 0.193 e. The van der Waals surface area contributed by atoms with E-state index < -0.39 is 0 Å². The lowest BCUT2D eigenvalue weighted by molar-refractivity contribution is 0.543. The Hall–Kier alpha value is -0.960. The summed E-state index contributed by atoms with van der Waals surface area (Å²) in [6.07, 6.45) is 0.958. The van der Waals surface area contributed by atoms with E-state index in [1.165, 1.54) is 0 Å². The van der Waals surface area contributed by atoms with Crippen LogP contribution in [0, 0.1) is 6.92 Å². The van der Waals surface area contributed by atoms with Crippen molar-refractivity contribution < 1.29 is 4.42 Å². The van der Waals surface area contributed by atoms with Crippen LogP contribution in [0.1, 0.15) is 19.1 Å². The summed E-state index contributed by atoms with van der Waals surface area (Å²) < 4.78 is 5.31. The number of hydrogen-bond acceptors (Lipinski definition) is 3. The monoisotopic (exact) mass is 168 g/mol. The lowest BCUT2D eigenvalue weighted by atomic mass is 10.2. The molecule has 0 bridgehead atoms. The first-order valence-corrected chi connectivity index (χ1v) is 4.24. The number of hydrogen-bond donors (Lipinski definition) is 2. The second-order valence-electron chi connectivity index (χ2n) is 3.10. The lowest BCUT2D eigenvalue weighted by Crippen LogP contribution is -2.18. The second-order valence-corrected chi connectivity index (χ2v) is 3.10.